The van der Waals surface area contributed by atoms with Crippen molar-refractivity contribution in [2.45, 2.75) is 25.3 Å². The van der Waals surface area contributed by atoms with Crippen molar-refractivity contribution in [3.05, 3.63) is 34.9 Å². The topological polar surface area (TPSA) is 40.2 Å². The summed E-state index contributed by atoms with van der Waals surface area (Å²) in [7, 11) is 5.65. The van der Waals surface area contributed by atoms with E-state index in [2.05, 4.69) is 30.1 Å². The molecule has 0 fully saturated rings. The monoisotopic (exact) mass is 353 g/mol. The Hall–Kier alpha value is -2.40. The summed E-state index contributed by atoms with van der Waals surface area (Å²) in [6, 6.07) is 6.81. The first-order chi connectivity index (χ1) is 12.7. The lowest BCUT2D eigenvalue weighted by Crippen LogP contribution is -2.32. The van der Waals surface area contributed by atoms with Gasteiger partial charge in [0, 0.05) is 18.2 Å². The van der Waals surface area contributed by atoms with Crippen molar-refractivity contribution >= 4 is 0 Å². The normalized spacial score (nSPS) is 20.2. The standard InChI is InChI=1S/C21H23NO4/c1-22-7-6-13-9-18(23-2)21(24-3)20-14-10-17-16(25-11-26-17)8-12(14)4-5-15(22)19(13)20/h8-10,15H,4-7,11H2,1-3H3. The van der Waals surface area contributed by atoms with Crippen LogP contribution in [0.3, 0.4) is 0 Å². The van der Waals surface area contributed by atoms with E-state index in [9.17, 15) is 0 Å². The number of nitrogens with zero attached hydrogens (tertiary/aromatic N) is 1. The minimum Gasteiger partial charge on any atom is -0.493 e. The molecule has 2 aromatic rings. The van der Waals surface area contributed by atoms with Gasteiger partial charge in [-0.1, -0.05) is 0 Å². The summed E-state index contributed by atoms with van der Waals surface area (Å²) in [6.07, 6.45) is 3.11. The highest BCUT2D eigenvalue weighted by atomic mass is 16.7. The number of fused-ring (bicyclic) bond motifs is 3. The molecule has 5 heteroatoms. The van der Waals surface area contributed by atoms with Crippen molar-refractivity contribution in [1.82, 2.24) is 4.90 Å². The number of hydrogen-bond acceptors (Lipinski definition) is 5. The van der Waals surface area contributed by atoms with Crippen LogP contribution >= 0.6 is 0 Å². The molecule has 136 valence electrons. The van der Waals surface area contributed by atoms with E-state index in [1.807, 2.05) is 0 Å². The maximum absolute atomic E-state index is 5.86. The van der Waals surface area contributed by atoms with Crippen molar-refractivity contribution in [1.29, 1.82) is 0 Å². The Bertz CT molecular complexity index is 892. The third-order valence-electron chi connectivity index (χ3n) is 5.95. The molecule has 2 aliphatic heterocycles. The highest BCUT2D eigenvalue weighted by Gasteiger charge is 2.35. The number of aryl methyl sites for hydroxylation is 1. The summed E-state index contributed by atoms with van der Waals surface area (Å²) in [5, 5.41) is 0. The Kier molecular flexibility index (Phi) is 3.54. The molecule has 1 unspecified atom stereocenters. The lowest BCUT2D eigenvalue weighted by molar-refractivity contribution is 0.174. The fourth-order valence-electron chi connectivity index (χ4n) is 4.67. The first kappa shape index (κ1) is 15.8. The third kappa shape index (κ3) is 2.13. The molecule has 26 heavy (non-hydrogen) atoms. The molecular formula is C21H23NO4. The molecule has 0 bridgehead atoms. The number of ether oxygens (including phenoxy) is 4. The summed E-state index contributed by atoms with van der Waals surface area (Å²) < 4.78 is 22.8. The second-order valence-electron chi connectivity index (χ2n) is 7.21. The summed E-state index contributed by atoms with van der Waals surface area (Å²) in [6.45, 7) is 1.35. The zero-order valence-electron chi connectivity index (χ0n) is 15.4. The Morgan fingerprint density at radius 3 is 2.58 bits per heavy atom. The minimum atomic E-state index is 0.289. The third-order valence-corrected chi connectivity index (χ3v) is 5.95. The van der Waals surface area contributed by atoms with Crippen LogP contribution in [0.25, 0.3) is 11.1 Å². The maximum atomic E-state index is 5.86. The van der Waals surface area contributed by atoms with E-state index >= 15 is 0 Å². The summed E-state index contributed by atoms with van der Waals surface area (Å²) in [5.41, 5.74) is 6.37. The number of likely N-dealkylation sites (N-methyl/N-ethyl adjacent to an activating group) is 1. The van der Waals surface area contributed by atoms with E-state index in [0.717, 1.165) is 54.4 Å². The van der Waals surface area contributed by atoms with Crippen LogP contribution in [0.1, 0.15) is 29.2 Å². The number of rotatable bonds is 2. The zero-order valence-corrected chi connectivity index (χ0v) is 15.4. The van der Waals surface area contributed by atoms with Gasteiger partial charge in [0.2, 0.25) is 6.79 Å². The van der Waals surface area contributed by atoms with Crippen LogP contribution in [0.15, 0.2) is 18.2 Å². The number of hydrogen-bond donors (Lipinski definition) is 0. The number of methoxy groups -OCH3 is 2. The lowest BCUT2D eigenvalue weighted by atomic mass is 9.85. The van der Waals surface area contributed by atoms with Crippen molar-refractivity contribution < 1.29 is 18.9 Å². The summed E-state index contributed by atoms with van der Waals surface area (Å²) >= 11 is 0. The molecule has 2 heterocycles. The van der Waals surface area contributed by atoms with E-state index in [1.165, 1.54) is 22.3 Å². The molecule has 2 aromatic carbocycles. The SMILES string of the molecule is COc1cc2c3c(c1OC)-c1cc4c(cc1CCC3N(C)CC2)OCO4. The van der Waals surface area contributed by atoms with Crippen molar-refractivity contribution in [2.24, 2.45) is 0 Å². The quantitative estimate of drug-likeness (QED) is 0.825. The molecule has 0 aromatic heterocycles. The van der Waals surface area contributed by atoms with E-state index < -0.39 is 0 Å². The van der Waals surface area contributed by atoms with Crippen LogP contribution in [-0.2, 0) is 12.8 Å². The van der Waals surface area contributed by atoms with Gasteiger partial charge < -0.3 is 18.9 Å². The average molecular weight is 353 g/mol. The largest absolute Gasteiger partial charge is 0.493 e. The second-order valence-corrected chi connectivity index (χ2v) is 7.21. The highest BCUT2D eigenvalue weighted by Crippen LogP contribution is 2.53. The van der Waals surface area contributed by atoms with Gasteiger partial charge in [0.25, 0.3) is 0 Å². The van der Waals surface area contributed by atoms with Gasteiger partial charge in [-0.2, -0.15) is 0 Å². The predicted molar refractivity (Wildman–Crippen MR) is 98.5 cm³/mol. The van der Waals surface area contributed by atoms with Crippen LogP contribution in [0, 0.1) is 0 Å². The lowest BCUT2D eigenvalue weighted by Gasteiger charge is -2.36. The van der Waals surface area contributed by atoms with Gasteiger partial charge in [-0.05, 0) is 66.8 Å². The fraction of sp³-hybridized carbons (Fsp3) is 0.429. The van der Waals surface area contributed by atoms with Crippen LogP contribution in [-0.4, -0.2) is 39.5 Å². The molecule has 0 N–H and O–H groups in total. The Morgan fingerprint density at radius 1 is 1.00 bits per heavy atom. The Morgan fingerprint density at radius 2 is 1.81 bits per heavy atom. The maximum Gasteiger partial charge on any atom is 0.231 e. The Labute approximate surface area is 153 Å². The molecule has 5 nitrogen and oxygen atoms in total. The Balaban J connectivity index is 1.85. The molecule has 5 rings (SSSR count). The first-order valence-corrected chi connectivity index (χ1v) is 9.12. The van der Waals surface area contributed by atoms with Crippen molar-refractivity contribution in [2.75, 3.05) is 34.6 Å². The van der Waals surface area contributed by atoms with E-state index in [1.54, 1.807) is 14.2 Å². The molecule has 0 amide bonds. The molecule has 1 aliphatic carbocycles. The first-order valence-electron chi connectivity index (χ1n) is 9.12. The van der Waals surface area contributed by atoms with Crippen LogP contribution < -0.4 is 18.9 Å². The molecule has 0 radical (unpaired) electrons. The second kappa shape index (κ2) is 5.81. The molecular weight excluding hydrogens is 330 g/mol. The number of benzene rings is 2. The van der Waals surface area contributed by atoms with Gasteiger partial charge >= 0.3 is 0 Å². The molecule has 1 atom stereocenters. The van der Waals surface area contributed by atoms with E-state index in [0.29, 0.717) is 6.04 Å². The van der Waals surface area contributed by atoms with Gasteiger partial charge in [-0.15, -0.1) is 0 Å². The van der Waals surface area contributed by atoms with Crippen LogP contribution in [0.4, 0.5) is 0 Å². The summed E-state index contributed by atoms with van der Waals surface area (Å²) in [4.78, 5) is 2.46. The molecule has 0 saturated carbocycles. The fourth-order valence-corrected chi connectivity index (χ4v) is 4.67. The smallest absolute Gasteiger partial charge is 0.231 e. The van der Waals surface area contributed by atoms with Crippen molar-refractivity contribution in [3.8, 4) is 34.1 Å². The van der Waals surface area contributed by atoms with Gasteiger partial charge in [-0.3, -0.25) is 4.90 Å². The summed E-state index contributed by atoms with van der Waals surface area (Å²) in [5.74, 6) is 3.27. The van der Waals surface area contributed by atoms with Gasteiger partial charge in [0.1, 0.15) is 0 Å². The zero-order chi connectivity index (χ0) is 17.8. The van der Waals surface area contributed by atoms with E-state index in [-0.39, 0.29) is 6.79 Å². The van der Waals surface area contributed by atoms with Crippen LogP contribution in [0.2, 0.25) is 0 Å². The van der Waals surface area contributed by atoms with Crippen LogP contribution in [0.5, 0.6) is 23.0 Å². The highest BCUT2D eigenvalue weighted by molar-refractivity contribution is 5.84. The predicted octanol–water partition coefficient (Wildman–Crippen LogP) is 3.57. The van der Waals surface area contributed by atoms with Gasteiger partial charge in [0.05, 0.1) is 14.2 Å². The minimum absolute atomic E-state index is 0.289. The van der Waals surface area contributed by atoms with Gasteiger partial charge in [-0.25, -0.2) is 0 Å². The molecule has 3 aliphatic rings. The molecule has 0 saturated heterocycles. The van der Waals surface area contributed by atoms with E-state index in [4.69, 9.17) is 18.9 Å². The average Bonchev–Trinajstić information content (AvgIpc) is 3.05. The van der Waals surface area contributed by atoms with Crippen molar-refractivity contribution in [3.63, 3.8) is 0 Å². The molecule has 0 spiro atoms. The van der Waals surface area contributed by atoms with Gasteiger partial charge in [0.15, 0.2) is 23.0 Å².